The van der Waals surface area contributed by atoms with E-state index in [1.54, 1.807) is 6.07 Å². The zero-order chi connectivity index (χ0) is 14.0. The maximum Gasteiger partial charge on any atom is 0.308 e. The van der Waals surface area contributed by atoms with E-state index >= 15 is 0 Å². The Morgan fingerprint density at radius 3 is 2.16 bits per heavy atom. The topological polar surface area (TPSA) is 85.5 Å². The molecular formula is C13H11NO5. The highest BCUT2D eigenvalue weighted by molar-refractivity contribution is 5.91. The maximum atomic E-state index is 11.0. The van der Waals surface area contributed by atoms with Gasteiger partial charge in [-0.05, 0) is 12.1 Å². The van der Waals surface area contributed by atoms with Crippen LogP contribution in [0.1, 0.15) is 24.3 Å². The van der Waals surface area contributed by atoms with Crippen LogP contribution in [0.25, 0.3) is 10.9 Å². The Hall–Kier alpha value is -2.63. The zero-order valence-electron chi connectivity index (χ0n) is 10.4. The molecule has 0 fully saturated rings. The highest BCUT2D eigenvalue weighted by Gasteiger charge is 2.13. The van der Waals surface area contributed by atoms with Gasteiger partial charge in [-0.3, -0.25) is 14.4 Å². The van der Waals surface area contributed by atoms with E-state index in [9.17, 15) is 14.4 Å². The number of benzene rings is 1. The fraction of sp³-hybridized carbons (Fsp3) is 0.154. The number of aldehydes is 1. The average molecular weight is 261 g/mol. The van der Waals surface area contributed by atoms with E-state index in [1.165, 1.54) is 26.0 Å². The Bertz CT molecular complexity index is 618. The summed E-state index contributed by atoms with van der Waals surface area (Å²) in [6.45, 7) is 2.49. The first-order chi connectivity index (χ1) is 8.99. The summed E-state index contributed by atoms with van der Waals surface area (Å²) in [6.07, 6.45) is 0.664. The third-order valence-electron chi connectivity index (χ3n) is 2.34. The van der Waals surface area contributed by atoms with Crippen LogP contribution in [0.5, 0.6) is 11.5 Å². The maximum absolute atomic E-state index is 11.0. The lowest BCUT2D eigenvalue weighted by Crippen LogP contribution is -2.07. The van der Waals surface area contributed by atoms with Gasteiger partial charge in [-0.1, -0.05) is 0 Å². The summed E-state index contributed by atoms with van der Waals surface area (Å²) < 4.78 is 9.95. The molecule has 1 aromatic heterocycles. The first-order valence-corrected chi connectivity index (χ1v) is 5.48. The number of rotatable bonds is 3. The minimum absolute atomic E-state index is 0.120. The van der Waals surface area contributed by atoms with Gasteiger partial charge in [0.15, 0.2) is 17.8 Å². The Morgan fingerprint density at radius 1 is 1.05 bits per heavy atom. The van der Waals surface area contributed by atoms with Crippen LogP contribution in [0, 0.1) is 0 Å². The summed E-state index contributed by atoms with van der Waals surface area (Å²) in [5, 5.41) is 0.675. The predicted octanol–water partition coefficient (Wildman–Crippen LogP) is 1.83. The van der Waals surface area contributed by atoms with Gasteiger partial charge in [-0.2, -0.15) is 0 Å². The van der Waals surface area contributed by atoms with Crippen molar-refractivity contribution in [2.45, 2.75) is 13.8 Å². The van der Waals surface area contributed by atoms with E-state index in [1.807, 2.05) is 0 Å². The lowest BCUT2D eigenvalue weighted by molar-refractivity contribution is -0.134. The van der Waals surface area contributed by atoms with Gasteiger partial charge in [-0.15, -0.1) is 0 Å². The Morgan fingerprint density at radius 2 is 1.63 bits per heavy atom. The summed E-state index contributed by atoms with van der Waals surface area (Å²) in [6, 6.07) is 4.63. The van der Waals surface area contributed by atoms with Crippen molar-refractivity contribution < 1.29 is 23.9 Å². The monoisotopic (exact) mass is 261 g/mol. The van der Waals surface area contributed by atoms with Crippen molar-refractivity contribution >= 4 is 29.1 Å². The summed E-state index contributed by atoms with van der Waals surface area (Å²) in [5.74, 6) is -0.810. The molecule has 0 saturated heterocycles. The van der Waals surface area contributed by atoms with E-state index in [0.29, 0.717) is 22.9 Å². The van der Waals surface area contributed by atoms with Crippen molar-refractivity contribution in [1.29, 1.82) is 0 Å². The first kappa shape index (κ1) is 12.8. The lowest BCUT2D eigenvalue weighted by Gasteiger charge is -2.08. The van der Waals surface area contributed by atoms with Crippen molar-refractivity contribution in [3.63, 3.8) is 0 Å². The van der Waals surface area contributed by atoms with Crippen molar-refractivity contribution in [3.8, 4) is 11.5 Å². The number of H-pyrrole nitrogens is 1. The molecule has 1 heterocycles. The Kier molecular flexibility index (Phi) is 3.33. The van der Waals surface area contributed by atoms with Crippen molar-refractivity contribution in [3.05, 3.63) is 23.9 Å². The van der Waals surface area contributed by atoms with Gasteiger partial charge in [0, 0.05) is 30.8 Å². The molecule has 0 bridgehead atoms. The second-order valence-corrected chi connectivity index (χ2v) is 3.92. The highest BCUT2D eigenvalue weighted by Crippen LogP contribution is 2.33. The zero-order valence-corrected chi connectivity index (χ0v) is 10.4. The van der Waals surface area contributed by atoms with E-state index in [0.717, 1.165) is 0 Å². The molecule has 0 aliphatic heterocycles. The summed E-state index contributed by atoms with van der Waals surface area (Å²) in [4.78, 5) is 35.6. The van der Waals surface area contributed by atoms with Gasteiger partial charge >= 0.3 is 11.9 Å². The number of fused-ring (bicyclic) bond motifs is 1. The van der Waals surface area contributed by atoms with Gasteiger partial charge in [0.05, 0.1) is 5.69 Å². The molecule has 2 aromatic rings. The second-order valence-electron chi connectivity index (χ2n) is 3.92. The molecule has 0 unspecified atom stereocenters. The number of nitrogens with one attached hydrogen (secondary N) is 1. The number of aromatic nitrogens is 1. The summed E-state index contributed by atoms with van der Waals surface area (Å²) in [5.41, 5.74) is 0.984. The van der Waals surface area contributed by atoms with Gasteiger partial charge in [0.25, 0.3) is 0 Å². The van der Waals surface area contributed by atoms with Gasteiger partial charge in [0.2, 0.25) is 0 Å². The molecule has 2 rings (SSSR count). The fourth-order valence-corrected chi connectivity index (χ4v) is 1.70. The molecule has 0 spiro atoms. The average Bonchev–Trinajstić information content (AvgIpc) is 2.70. The number of esters is 2. The van der Waals surface area contributed by atoms with E-state index in [2.05, 4.69) is 4.98 Å². The number of hydrogen-bond acceptors (Lipinski definition) is 5. The number of carbonyl (C=O) groups excluding carboxylic acids is 3. The summed E-state index contributed by atoms with van der Waals surface area (Å²) in [7, 11) is 0. The highest BCUT2D eigenvalue weighted by atomic mass is 16.6. The van der Waals surface area contributed by atoms with Crippen molar-refractivity contribution in [2.75, 3.05) is 0 Å². The predicted molar refractivity (Wildman–Crippen MR) is 66.3 cm³/mol. The largest absolute Gasteiger partial charge is 0.423 e. The van der Waals surface area contributed by atoms with E-state index in [4.69, 9.17) is 9.47 Å². The third-order valence-corrected chi connectivity index (χ3v) is 2.34. The number of hydrogen-bond donors (Lipinski definition) is 1. The van der Waals surface area contributed by atoms with Crippen LogP contribution < -0.4 is 9.47 Å². The van der Waals surface area contributed by atoms with E-state index in [-0.39, 0.29) is 11.5 Å². The van der Waals surface area contributed by atoms with Gasteiger partial charge < -0.3 is 14.5 Å². The first-order valence-electron chi connectivity index (χ1n) is 5.48. The summed E-state index contributed by atoms with van der Waals surface area (Å²) >= 11 is 0. The van der Waals surface area contributed by atoms with Crippen molar-refractivity contribution in [2.24, 2.45) is 0 Å². The minimum atomic E-state index is -0.532. The molecule has 6 nitrogen and oxygen atoms in total. The molecule has 0 amide bonds. The van der Waals surface area contributed by atoms with Crippen LogP contribution in [-0.4, -0.2) is 23.2 Å². The quantitative estimate of drug-likeness (QED) is 0.517. The van der Waals surface area contributed by atoms with Crippen LogP contribution in [-0.2, 0) is 9.59 Å². The molecule has 98 valence electrons. The standard InChI is InChI=1S/C13H11NO5/c1-7(16)18-12-4-9-3-10(6-15)14-11(9)5-13(12)19-8(2)17/h3-6,14H,1-2H3. The van der Waals surface area contributed by atoms with Crippen molar-refractivity contribution in [1.82, 2.24) is 4.98 Å². The van der Waals surface area contributed by atoms with Gasteiger partial charge in [-0.25, -0.2) is 0 Å². The van der Waals surface area contributed by atoms with Crippen LogP contribution in [0.2, 0.25) is 0 Å². The molecule has 0 radical (unpaired) electrons. The molecule has 0 aliphatic rings. The second kappa shape index (κ2) is 4.93. The molecule has 1 N–H and O–H groups in total. The SMILES string of the molecule is CC(=O)Oc1cc2cc(C=O)[nH]c2cc1OC(C)=O. The molecule has 6 heteroatoms. The molecule has 0 atom stereocenters. The molecule has 1 aromatic carbocycles. The third kappa shape index (κ3) is 2.79. The van der Waals surface area contributed by atoms with E-state index < -0.39 is 11.9 Å². The lowest BCUT2D eigenvalue weighted by atomic mass is 10.2. The fourth-order valence-electron chi connectivity index (χ4n) is 1.70. The smallest absolute Gasteiger partial charge is 0.308 e. The minimum Gasteiger partial charge on any atom is -0.423 e. The number of aromatic amines is 1. The van der Waals surface area contributed by atoms with Crippen LogP contribution in [0.15, 0.2) is 18.2 Å². The molecular weight excluding hydrogens is 250 g/mol. The Balaban J connectivity index is 2.56. The molecule has 0 aliphatic carbocycles. The van der Waals surface area contributed by atoms with Crippen LogP contribution in [0.4, 0.5) is 0 Å². The van der Waals surface area contributed by atoms with Crippen LogP contribution in [0.3, 0.4) is 0 Å². The molecule has 0 saturated carbocycles. The number of ether oxygens (including phenoxy) is 2. The normalized spacial score (nSPS) is 10.2. The number of carbonyl (C=O) groups is 3. The van der Waals surface area contributed by atoms with Gasteiger partial charge in [0.1, 0.15) is 0 Å². The Labute approximate surface area is 108 Å². The van der Waals surface area contributed by atoms with Crippen LogP contribution >= 0.6 is 0 Å². The molecule has 19 heavy (non-hydrogen) atoms.